The van der Waals surface area contributed by atoms with Crippen LogP contribution >= 0.6 is 0 Å². The van der Waals surface area contributed by atoms with Crippen LogP contribution in [0, 0.1) is 6.92 Å². The maximum atomic E-state index is 6.29. The molecule has 0 unspecified atom stereocenters. The van der Waals surface area contributed by atoms with Crippen molar-refractivity contribution < 1.29 is 22.0 Å². The number of rotatable bonds is 7. The van der Waals surface area contributed by atoms with Crippen molar-refractivity contribution in [2.24, 2.45) is 0 Å². The first-order valence-electron chi connectivity index (χ1n) is 8.50. The zero-order valence-corrected chi connectivity index (χ0v) is 15.0. The van der Waals surface area contributed by atoms with Gasteiger partial charge in [0.1, 0.15) is 18.9 Å². The lowest BCUT2D eigenvalue weighted by atomic mass is 10.0. The molecule has 1 saturated carbocycles. The van der Waals surface area contributed by atoms with E-state index in [2.05, 4.69) is 45.0 Å². The number of aryl methyl sites for hydroxylation is 1. The van der Waals surface area contributed by atoms with E-state index in [1.807, 2.05) is 0 Å². The van der Waals surface area contributed by atoms with Gasteiger partial charge in [0.15, 0.2) is 0 Å². The molecule has 1 aliphatic rings. The average Bonchev–Trinajstić information content (AvgIpc) is 3.03. The molecule has 1 aromatic carbocycles. The standard InChI is InChI=1S/C19H29NO.ClH/c1-4-20(5-2)14-15-21-19(17-11-7-8-12-17)18-13-9-6-10-16(18)3;/h6,9-10,13H,4-5,7-8,11-12,14-15H2,1-3H3;1H. The first-order valence-corrected chi connectivity index (χ1v) is 8.50. The quantitative estimate of drug-likeness (QED) is 0.709. The monoisotopic (exact) mass is 323 g/mol. The maximum absolute atomic E-state index is 6.29. The molecule has 1 fully saturated rings. The van der Waals surface area contributed by atoms with Crippen molar-refractivity contribution in [3.63, 3.8) is 0 Å². The molecule has 0 heterocycles. The van der Waals surface area contributed by atoms with Gasteiger partial charge in [0.25, 0.3) is 0 Å². The molecule has 0 radical (unpaired) electrons. The SMILES string of the molecule is CC[NH+](CC)CCOC(=C1CCCC1)c1ccccc1C.[Cl-]. The minimum absolute atomic E-state index is 0. The normalized spacial score (nSPS) is 14.1. The summed E-state index contributed by atoms with van der Waals surface area (Å²) in [6, 6.07) is 8.62. The van der Waals surface area contributed by atoms with Crippen molar-refractivity contribution in [1.82, 2.24) is 0 Å². The number of halogens is 1. The summed E-state index contributed by atoms with van der Waals surface area (Å²) in [6.45, 7) is 10.9. The molecule has 22 heavy (non-hydrogen) atoms. The Hall–Kier alpha value is -0.990. The van der Waals surface area contributed by atoms with Crippen LogP contribution in [0.15, 0.2) is 29.8 Å². The van der Waals surface area contributed by atoms with Gasteiger partial charge in [0, 0.05) is 5.56 Å². The van der Waals surface area contributed by atoms with Gasteiger partial charge in [-0.25, -0.2) is 0 Å². The van der Waals surface area contributed by atoms with E-state index in [1.165, 1.54) is 61.2 Å². The summed E-state index contributed by atoms with van der Waals surface area (Å²) in [6.07, 6.45) is 5.05. The van der Waals surface area contributed by atoms with Crippen LogP contribution in [0.2, 0.25) is 0 Å². The Morgan fingerprint density at radius 3 is 2.32 bits per heavy atom. The highest BCUT2D eigenvalue weighted by Crippen LogP contribution is 2.33. The van der Waals surface area contributed by atoms with Crippen molar-refractivity contribution in [2.75, 3.05) is 26.2 Å². The van der Waals surface area contributed by atoms with Crippen molar-refractivity contribution >= 4 is 5.76 Å². The van der Waals surface area contributed by atoms with Crippen molar-refractivity contribution in [3.05, 3.63) is 41.0 Å². The van der Waals surface area contributed by atoms with E-state index in [1.54, 1.807) is 4.90 Å². The smallest absolute Gasteiger partial charge is 0.137 e. The Balaban J connectivity index is 0.00000242. The lowest BCUT2D eigenvalue weighted by Crippen LogP contribution is -3.11. The van der Waals surface area contributed by atoms with E-state index < -0.39 is 0 Å². The Labute approximate surface area is 142 Å². The topological polar surface area (TPSA) is 13.7 Å². The Kier molecular flexibility index (Phi) is 8.59. The van der Waals surface area contributed by atoms with Crippen molar-refractivity contribution in [1.29, 1.82) is 0 Å². The molecular formula is C19H30ClNO. The van der Waals surface area contributed by atoms with Crippen LogP contribution in [0.4, 0.5) is 0 Å². The van der Waals surface area contributed by atoms with Gasteiger partial charge in [-0.2, -0.15) is 0 Å². The number of hydrogen-bond acceptors (Lipinski definition) is 1. The van der Waals surface area contributed by atoms with E-state index >= 15 is 0 Å². The van der Waals surface area contributed by atoms with Crippen molar-refractivity contribution in [3.8, 4) is 0 Å². The van der Waals surface area contributed by atoms with E-state index in [0.29, 0.717) is 0 Å². The summed E-state index contributed by atoms with van der Waals surface area (Å²) in [7, 11) is 0. The molecule has 0 amide bonds. The summed E-state index contributed by atoms with van der Waals surface area (Å²) in [5.41, 5.74) is 4.14. The number of ether oxygens (including phenoxy) is 1. The van der Waals surface area contributed by atoms with E-state index in [4.69, 9.17) is 4.74 Å². The predicted octanol–water partition coefficient (Wildman–Crippen LogP) is 0.225. The summed E-state index contributed by atoms with van der Waals surface area (Å²) in [5, 5.41) is 0. The number of likely N-dealkylation sites (N-methyl/N-ethyl adjacent to an activating group) is 1. The number of hydrogen-bond donors (Lipinski definition) is 1. The third-order valence-electron chi connectivity index (χ3n) is 4.62. The van der Waals surface area contributed by atoms with Gasteiger partial charge in [0.05, 0.1) is 13.1 Å². The first-order chi connectivity index (χ1) is 10.3. The molecule has 124 valence electrons. The Morgan fingerprint density at radius 1 is 1.09 bits per heavy atom. The minimum Gasteiger partial charge on any atom is -1.00 e. The molecule has 3 heteroatoms. The molecule has 1 aromatic rings. The minimum atomic E-state index is 0. The third-order valence-corrected chi connectivity index (χ3v) is 4.62. The molecule has 2 nitrogen and oxygen atoms in total. The second-order valence-electron chi connectivity index (χ2n) is 6.01. The average molecular weight is 324 g/mol. The van der Waals surface area contributed by atoms with Crippen LogP contribution < -0.4 is 17.3 Å². The molecule has 0 aromatic heterocycles. The first kappa shape index (κ1) is 19.1. The van der Waals surface area contributed by atoms with Crippen LogP contribution in [-0.2, 0) is 4.74 Å². The largest absolute Gasteiger partial charge is 1.00 e. The lowest BCUT2D eigenvalue weighted by molar-refractivity contribution is -0.896. The van der Waals surface area contributed by atoms with Gasteiger partial charge in [-0.1, -0.05) is 24.3 Å². The molecule has 0 spiro atoms. The summed E-state index contributed by atoms with van der Waals surface area (Å²) < 4.78 is 6.29. The summed E-state index contributed by atoms with van der Waals surface area (Å²) >= 11 is 0. The highest BCUT2D eigenvalue weighted by molar-refractivity contribution is 5.66. The molecule has 1 N–H and O–H groups in total. The van der Waals surface area contributed by atoms with E-state index in [-0.39, 0.29) is 12.4 Å². The fraction of sp³-hybridized carbons (Fsp3) is 0.579. The van der Waals surface area contributed by atoms with Gasteiger partial charge in [-0.05, 0) is 57.6 Å². The van der Waals surface area contributed by atoms with Gasteiger partial charge < -0.3 is 22.0 Å². The number of nitrogens with one attached hydrogen (secondary N) is 1. The summed E-state index contributed by atoms with van der Waals surface area (Å²) in [4.78, 5) is 1.61. The molecular weight excluding hydrogens is 294 g/mol. The second-order valence-corrected chi connectivity index (χ2v) is 6.01. The zero-order valence-electron chi connectivity index (χ0n) is 14.3. The fourth-order valence-electron chi connectivity index (χ4n) is 3.13. The fourth-order valence-corrected chi connectivity index (χ4v) is 3.13. The zero-order chi connectivity index (χ0) is 15.1. The Bertz CT molecular complexity index is 472. The molecule has 2 rings (SSSR count). The van der Waals surface area contributed by atoms with Gasteiger partial charge >= 0.3 is 0 Å². The van der Waals surface area contributed by atoms with Gasteiger partial charge in [0.2, 0.25) is 0 Å². The number of allylic oxidation sites excluding steroid dienone is 1. The maximum Gasteiger partial charge on any atom is 0.137 e. The van der Waals surface area contributed by atoms with Crippen LogP contribution in [0.3, 0.4) is 0 Å². The highest BCUT2D eigenvalue weighted by Gasteiger charge is 2.17. The van der Waals surface area contributed by atoms with E-state index in [0.717, 1.165) is 13.2 Å². The molecule has 0 atom stereocenters. The Morgan fingerprint density at radius 2 is 1.73 bits per heavy atom. The van der Waals surface area contributed by atoms with Gasteiger partial charge in [-0.15, -0.1) is 0 Å². The van der Waals surface area contributed by atoms with Crippen molar-refractivity contribution in [2.45, 2.75) is 46.5 Å². The van der Waals surface area contributed by atoms with Crippen LogP contribution in [0.25, 0.3) is 5.76 Å². The molecule has 0 saturated heterocycles. The number of benzene rings is 1. The molecule has 1 aliphatic carbocycles. The second kappa shape index (κ2) is 9.91. The summed E-state index contributed by atoms with van der Waals surface area (Å²) in [5.74, 6) is 1.18. The third kappa shape index (κ3) is 5.03. The van der Waals surface area contributed by atoms with Crippen LogP contribution in [0.1, 0.15) is 50.7 Å². The van der Waals surface area contributed by atoms with Crippen LogP contribution in [-0.4, -0.2) is 26.2 Å². The molecule has 0 bridgehead atoms. The van der Waals surface area contributed by atoms with Crippen LogP contribution in [0.5, 0.6) is 0 Å². The predicted molar refractivity (Wildman–Crippen MR) is 89.4 cm³/mol. The van der Waals surface area contributed by atoms with E-state index in [9.17, 15) is 0 Å². The van der Waals surface area contributed by atoms with Gasteiger partial charge in [-0.3, -0.25) is 0 Å². The lowest BCUT2D eigenvalue weighted by Gasteiger charge is -2.19. The highest BCUT2D eigenvalue weighted by atomic mass is 35.5. The molecule has 0 aliphatic heterocycles. The number of quaternary nitrogens is 1.